The number of hydrogen-bond acceptors (Lipinski definition) is 3. The number of rotatable bonds is 2. The largest absolute Gasteiger partial charge is 0.416 e. The second-order valence-corrected chi connectivity index (χ2v) is 5.90. The van der Waals surface area contributed by atoms with Crippen LogP contribution in [-0.2, 0) is 19.3 Å². The van der Waals surface area contributed by atoms with Crippen molar-refractivity contribution in [2.45, 2.75) is 26.2 Å². The predicted octanol–water partition coefficient (Wildman–Crippen LogP) is 2.30. The van der Waals surface area contributed by atoms with Gasteiger partial charge >= 0.3 is 11.9 Å². The van der Waals surface area contributed by atoms with Gasteiger partial charge < -0.3 is 0 Å². The van der Waals surface area contributed by atoms with Crippen molar-refractivity contribution in [1.29, 1.82) is 0 Å². The van der Waals surface area contributed by atoms with Gasteiger partial charge in [0.1, 0.15) is 5.39 Å². The third kappa shape index (κ3) is 2.23. The quantitative estimate of drug-likeness (QED) is 0.703. The van der Waals surface area contributed by atoms with Gasteiger partial charge in [-0.25, -0.2) is 9.48 Å². The van der Waals surface area contributed by atoms with E-state index in [1.165, 1.54) is 27.6 Å². The highest BCUT2D eigenvalue weighted by Crippen LogP contribution is 2.32. The third-order valence-electron chi connectivity index (χ3n) is 4.43. The molecule has 0 aliphatic carbocycles. The van der Waals surface area contributed by atoms with E-state index in [-0.39, 0.29) is 18.5 Å². The molecule has 0 N–H and O–H groups in total. The van der Waals surface area contributed by atoms with Gasteiger partial charge in [0, 0.05) is 18.7 Å². The van der Waals surface area contributed by atoms with Crippen molar-refractivity contribution >= 4 is 16.7 Å². The molecule has 0 unspecified atom stereocenters. The third-order valence-corrected chi connectivity index (χ3v) is 4.43. The maximum Gasteiger partial charge on any atom is 0.416 e. The Hall–Kier alpha value is -3.10. The molecule has 26 heavy (non-hydrogen) atoms. The molecule has 1 aliphatic rings. The standard InChI is InChI=1S/C17H13F3N4O2/c1-2-22-15(25)12-9-21-24-13(6-7-23(14(12)24)16(22)26)10-4-3-5-11(8-10)17(18,19)20/h3-6,8-9H,2,7H2,1H3. The Morgan fingerprint density at radius 1 is 1.23 bits per heavy atom. The van der Waals surface area contributed by atoms with Crippen molar-refractivity contribution in [3.63, 3.8) is 0 Å². The van der Waals surface area contributed by atoms with Crippen LogP contribution < -0.4 is 11.2 Å². The molecule has 2 aromatic heterocycles. The Bertz CT molecular complexity index is 1180. The van der Waals surface area contributed by atoms with E-state index in [0.29, 0.717) is 16.9 Å². The fourth-order valence-electron chi connectivity index (χ4n) is 3.20. The highest BCUT2D eigenvalue weighted by molar-refractivity contribution is 5.82. The summed E-state index contributed by atoms with van der Waals surface area (Å²) in [5.74, 6) is 0. The molecule has 0 amide bonds. The molecular formula is C17H13F3N4O2. The number of alkyl halides is 3. The lowest BCUT2D eigenvalue weighted by Gasteiger charge is -2.19. The number of nitrogens with zero attached hydrogens (tertiary/aromatic N) is 4. The molecule has 0 spiro atoms. The summed E-state index contributed by atoms with van der Waals surface area (Å²) in [5, 5.41) is 4.40. The topological polar surface area (TPSA) is 61.8 Å². The van der Waals surface area contributed by atoms with E-state index in [4.69, 9.17) is 0 Å². The molecule has 1 aromatic carbocycles. The summed E-state index contributed by atoms with van der Waals surface area (Å²) in [5.41, 5.74) is -0.697. The van der Waals surface area contributed by atoms with E-state index >= 15 is 0 Å². The van der Waals surface area contributed by atoms with Crippen LogP contribution in [0.15, 0.2) is 46.1 Å². The van der Waals surface area contributed by atoms with Gasteiger partial charge in [-0.15, -0.1) is 0 Å². The maximum absolute atomic E-state index is 13.0. The first kappa shape index (κ1) is 16.4. The second-order valence-electron chi connectivity index (χ2n) is 5.90. The molecule has 4 rings (SSSR count). The molecule has 0 bridgehead atoms. The van der Waals surface area contributed by atoms with Crippen molar-refractivity contribution in [1.82, 2.24) is 18.9 Å². The number of aromatic nitrogens is 4. The molecule has 0 fully saturated rings. The summed E-state index contributed by atoms with van der Waals surface area (Å²) in [6, 6.07) is 4.87. The minimum atomic E-state index is -4.46. The molecule has 1 aliphatic heterocycles. The van der Waals surface area contributed by atoms with Gasteiger partial charge in [-0.1, -0.05) is 12.1 Å². The minimum absolute atomic E-state index is 0.146. The lowest BCUT2D eigenvalue weighted by molar-refractivity contribution is -0.137. The van der Waals surface area contributed by atoms with Crippen LogP contribution in [-0.4, -0.2) is 18.9 Å². The highest BCUT2D eigenvalue weighted by Gasteiger charge is 2.31. The van der Waals surface area contributed by atoms with Crippen LogP contribution in [0.25, 0.3) is 16.7 Å². The fourth-order valence-corrected chi connectivity index (χ4v) is 3.20. The first-order valence-electron chi connectivity index (χ1n) is 7.92. The summed E-state index contributed by atoms with van der Waals surface area (Å²) in [7, 11) is 0. The Morgan fingerprint density at radius 2 is 2.00 bits per heavy atom. The Labute approximate surface area is 144 Å². The number of hydrogen-bond donors (Lipinski definition) is 0. The number of halogens is 3. The van der Waals surface area contributed by atoms with E-state index in [9.17, 15) is 22.8 Å². The van der Waals surface area contributed by atoms with Crippen molar-refractivity contribution in [2.75, 3.05) is 0 Å². The van der Waals surface area contributed by atoms with E-state index in [2.05, 4.69) is 5.10 Å². The number of allylic oxidation sites excluding steroid dienone is 1. The zero-order valence-corrected chi connectivity index (χ0v) is 13.6. The molecule has 0 saturated carbocycles. The molecule has 9 heteroatoms. The van der Waals surface area contributed by atoms with Crippen molar-refractivity contribution in [3.05, 3.63) is 68.5 Å². The van der Waals surface area contributed by atoms with Crippen LogP contribution in [0.2, 0.25) is 0 Å². The molecule has 0 radical (unpaired) electrons. The van der Waals surface area contributed by atoms with Gasteiger partial charge in [-0.3, -0.25) is 13.9 Å². The zero-order valence-electron chi connectivity index (χ0n) is 13.6. The van der Waals surface area contributed by atoms with Crippen LogP contribution in [0.1, 0.15) is 18.1 Å². The predicted molar refractivity (Wildman–Crippen MR) is 88.7 cm³/mol. The second kappa shape index (κ2) is 5.45. The highest BCUT2D eigenvalue weighted by atomic mass is 19.4. The summed E-state index contributed by atoms with van der Waals surface area (Å²) in [6.07, 6.45) is -1.50. The van der Waals surface area contributed by atoms with Crippen LogP contribution in [0.4, 0.5) is 13.2 Å². The van der Waals surface area contributed by atoms with Gasteiger partial charge in [-0.05, 0) is 25.1 Å². The first-order valence-corrected chi connectivity index (χ1v) is 7.92. The van der Waals surface area contributed by atoms with Crippen LogP contribution in [0.5, 0.6) is 0 Å². The van der Waals surface area contributed by atoms with E-state index in [0.717, 1.165) is 16.7 Å². The molecule has 3 aromatic rings. The van der Waals surface area contributed by atoms with Gasteiger partial charge in [0.2, 0.25) is 0 Å². The van der Waals surface area contributed by atoms with Crippen molar-refractivity contribution < 1.29 is 13.2 Å². The van der Waals surface area contributed by atoms with Gasteiger partial charge in [0.15, 0.2) is 5.65 Å². The van der Waals surface area contributed by atoms with Gasteiger partial charge in [0.05, 0.1) is 17.5 Å². The van der Waals surface area contributed by atoms with E-state index in [1.807, 2.05) is 0 Å². The molecule has 134 valence electrons. The minimum Gasteiger partial charge on any atom is -0.273 e. The lowest BCUT2D eigenvalue weighted by Crippen LogP contribution is -2.40. The normalized spacial score (nSPS) is 13.9. The van der Waals surface area contributed by atoms with Crippen molar-refractivity contribution in [3.8, 4) is 0 Å². The zero-order chi connectivity index (χ0) is 18.6. The van der Waals surface area contributed by atoms with E-state index in [1.54, 1.807) is 13.0 Å². The Morgan fingerprint density at radius 3 is 2.69 bits per heavy atom. The lowest BCUT2D eigenvalue weighted by atomic mass is 10.1. The average molecular weight is 362 g/mol. The number of benzene rings is 1. The summed E-state index contributed by atoms with van der Waals surface area (Å²) in [6.45, 7) is 2.06. The summed E-state index contributed by atoms with van der Waals surface area (Å²) < 4.78 is 42.8. The Kier molecular flexibility index (Phi) is 3.43. The molecule has 6 nitrogen and oxygen atoms in total. The maximum atomic E-state index is 13.0. The SMILES string of the molecule is CCn1c(=O)c2cnn3c2n(c1=O)CC=C3c1cccc(C(F)(F)F)c1. The van der Waals surface area contributed by atoms with E-state index < -0.39 is 23.0 Å². The fraction of sp³-hybridized carbons (Fsp3) is 0.235. The van der Waals surface area contributed by atoms with Crippen LogP contribution >= 0.6 is 0 Å². The monoisotopic (exact) mass is 362 g/mol. The molecule has 0 atom stereocenters. The van der Waals surface area contributed by atoms with Crippen LogP contribution in [0, 0.1) is 0 Å². The molecule has 3 heterocycles. The van der Waals surface area contributed by atoms with Gasteiger partial charge in [-0.2, -0.15) is 18.3 Å². The van der Waals surface area contributed by atoms with Gasteiger partial charge in [0.25, 0.3) is 5.56 Å². The molecule has 0 saturated heterocycles. The van der Waals surface area contributed by atoms with Crippen molar-refractivity contribution in [2.24, 2.45) is 0 Å². The summed E-state index contributed by atoms with van der Waals surface area (Å²) in [4.78, 5) is 24.9. The Balaban J connectivity index is 1.95. The average Bonchev–Trinajstić information content (AvgIpc) is 3.05. The molecular weight excluding hydrogens is 349 g/mol. The first-order chi connectivity index (χ1) is 12.3. The smallest absolute Gasteiger partial charge is 0.273 e. The summed E-state index contributed by atoms with van der Waals surface area (Å²) >= 11 is 0. The van der Waals surface area contributed by atoms with Crippen LogP contribution in [0.3, 0.4) is 0 Å².